The van der Waals surface area contributed by atoms with E-state index in [1.807, 2.05) is 6.20 Å². The van der Waals surface area contributed by atoms with Gasteiger partial charge in [-0.2, -0.15) is 0 Å². The van der Waals surface area contributed by atoms with Crippen LogP contribution in [0.25, 0.3) is 0 Å². The molecule has 0 aromatic carbocycles. The minimum absolute atomic E-state index is 0.577. The Hall–Kier alpha value is -0.830. The van der Waals surface area contributed by atoms with Crippen LogP contribution in [0.5, 0.6) is 0 Å². The summed E-state index contributed by atoms with van der Waals surface area (Å²) >= 11 is 0. The van der Waals surface area contributed by atoms with Gasteiger partial charge in [-0.3, -0.25) is 0 Å². The summed E-state index contributed by atoms with van der Waals surface area (Å²) in [6, 6.07) is 0. The molecule has 3 heteroatoms. The quantitative estimate of drug-likeness (QED) is 0.872. The lowest BCUT2D eigenvalue weighted by atomic mass is 9.73. The van der Waals surface area contributed by atoms with Crippen LogP contribution in [0, 0.1) is 11.8 Å². The Kier molecular flexibility index (Phi) is 4.21. The summed E-state index contributed by atoms with van der Waals surface area (Å²) in [5.74, 6) is 3.34. The molecule has 0 bridgehead atoms. The highest BCUT2D eigenvalue weighted by atomic mass is 15.1. The minimum Gasteiger partial charge on any atom is -0.335 e. The van der Waals surface area contributed by atoms with Crippen LogP contribution in [0.4, 0.5) is 0 Å². The van der Waals surface area contributed by atoms with Crippen molar-refractivity contribution in [3.05, 3.63) is 18.2 Å². The van der Waals surface area contributed by atoms with Crippen molar-refractivity contribution in [3.8, 4) is 0 Å². The third-order valence-corrected chi connectivity index (χ3v) is 4.40. The largest absolute Gasteiger partial charge is 0.335 e. The van der Waals surface area contributed by atoms with E-state index >= 15 is 0 Å². The van der Waals surface area contributed by atoms with Gasteiger partial charge in [-0.1, -0.05) is 19.8 Å². The van der Waals surface area contributed by atoms with Crippen molar-refractivity contribution in [1.82, 2.24) is 9.55 Å². The summed E-state index contributed by atoms with van der Waals surface area (Å²) in [4.78, 5) is 4.59. The lowest BCUT2D eigenvalue weighted by Crippen LogP contribution is -2.30. The number of aryl methyl sites for hydroxylation is 1. The van der Waals surface area contributed by atoms with Gasteiger partial charge in [0.15, 0.2) is 0 Å². The standard InChI is InChI=1S/C14H25N3/c1-3-11-5-6-12(10-15)13(9-11)14-16-7-8-17(14)4-2/h7-8,11-13H,3-6,9-10,15H2,1-2H3. The third kappa shape index (κ3) is 2.54. The zero-order chi connectivity index (χ0) is 12.3. The lowest BCUT2D eigenvalue weighted by Gasteiger charge is -2.35. The highest BCUT2D eigenvalue weighted by molar-refractivity contribution is 5.05. The molecule has 1 saturated carbocycles. The first-order valence-electron chi connectivity index (χ1n) is 7.01. The van der Waals surface area contributed by atoms with E-state index in [1.54, 1.807) is 0 Å². The van der Waals surface area contributed by atoms with E-state index in [2.05, 4.69) is 29.6 Å². The van der Waals surface area contributed by atoms with E-state index in [-0.39, 0.29) is 0 Å². The molecule has 1 aromatic heterocycles. The number of rotatable bonds is 4. The van der Waals surface area contributed by atoms with E-state index in [1.165, 1.54) is 31.5 Å². The molecule has 1 aliphatic carbocycles. The second-order valence-electron chi connectivity index (χ2n) is 5.26. The smallest absolute Gasteiger partial charge is 0.112 e. The highest BCUT2D eigenvalue weighted by Crippen LogP contribution is 2.40. The monoisotopic (exact) mass is 235 g/mol. The average Bonchev–Trinajstić information content (AvgIpc) is 2.86. The molecule has 0 amide bonds. The second-order valence-corrected chi connectivity index (χ2v) is 5.26. The van der Waals surface area contributed by atoms with Crippen molar-refractivity contribution in [2.75, 3.05) is 6.54 Å². The first-order chi connectivity index (χ1) is 8.30. The number of hydrogen-bond acceptors (Lipinski definition) is 2. The Morgan fingerprint density at radius 3 is 2.88 bits per heavy atom. The summed E-state index contributed by atoms with van der Waals surface area (Å²) in [6.07, 6.45) is 9.22. The SMILES string of the molecule is CCC1CCC(CN)C(c2nccn2CC)C1. The highest BCUT2D eigenvalue weighted by Gasteiger charge is 2.32. The summed E-state index contributed by atoms with van der Waals surface area (Å²) in [7, 11) is 0. The molecule has 96 valence electrons. The normalized spacial score (nSPS) is 29.5. The van der Waals surface area contributed by atoms with Gasteiger partial charge in [0, 0.05) is 24.9 Å². The van der Waals surface area contributed by atoms with Gasteiger partial charge in [0.2, 0.25) is 0 Å². The Morgan fingerprint density at radius 1 is 1.41 bits per heavy atom. The van der Waals surface area contributed by atoms with Crippen LogP contribution in [0.1, 0.15) is 51.3 Å². The summed E-state index contributed by atoms with van der Waals surface area (Å²) in [6.45, 7) is 6.30. The Bertz CT molecular complexity index is 345. The van der Waals surface area contributed by atoms with Crippen LogP contribution >= 0.6 is 0 Å². The maximum absolute atomic E-state index is 5.94. The van der Waals surface area contributed by atoms with Crippen LogP contribution in [0.2, 0.25) is 0 Å². The van der Waals surface area contributed by atoms with Crippen molar-refractivity contribution >= 4 is 0 Å². The summed E-state index contributed by atoms with van der Waals surface area (Å²) in [5, 5.41) is 0. The first-order valence-corrected chi connectivity index (χ1v) is 7.01. The van der Waals surface area contributed by atoms with Crippen molar-refractivity contribution in [2.45, 2.75) is 52.0 Å². The maximum atomic E-state index is 5.94. The Balaban J connectivity index is 2.20. The molecule has 0 aliphatic heterocycles. The molecule has 3 nitrogen and oxygen atoms in total. The molecule has 1 heterocycles. The molecule has 3 atom stereocenters. The fraction of sp³-hybridized carbons (Fsp3) is 0.786. The van der Waals surface area contributed by atoms with Gasteiger partial charge in [-0.15, -0.1) is 0 Å². The van der Waals surface area contributed by atoms with E-state index in [4.69, 9.17) is 5.73 Å². The van der Waals surface area contributed by atoms with E-state index in [9.17, 15) is 0 Å². The third-order valence-electron chi connectivity index (χ3n) is 4.40. The molecule has 1 aromatic rings. The predicted molar refractivity (Wildman–Crippen MR) is 70.8 cm³/mol. The Morgan fingerprint density at radius 2 is 2.24 bits per heavy atom. The number of imidazole rings is 1. The number of nitrogens with two attached hydrogens (primary N) is 1. The van der Waals surface area contributed by atoms with E-state index < -0.39 is 0 Å². The van der Waals surface area contributed by atoms with Crippen LogP contribution in [0.15, 0.2) is 12.4 Å². The van der Waals surface area contributed by atoms with Gasteiger partial charge < -0.3 is 10.3 Å². The topological polar surface area (TPSA) is 43.8 Å². The van der Waals surface area contributed by atoms with Crippen LogP contribution in [-0.2, 0) is 6.54 Å². The molecule has 3 unspecified atom stereocenters. The average molecular weight is 235 g/mol. The van der Waals surface area contributed by atoms with Gasteiger partial charge in [-0.25, -0.2) is 4.98 Å². The van der Waals surface area contributed by atoms with Gasteiger partial charge >= 0.3 is 0 Å². The predicted octanol–water partition coefficient (Wildman–Crippen LogP) is 2.77. The van der Waals surface area contributed by atoms with E-state index in [0.717, 1.165) is 19.0 Å². The molecule has 1 aliphatic rings. The summed E-state index contributed by atoms with van der Waals surface area (Å²) < 4.78 is 2.28. The lowest BCUT2D eigenvalue weighted by molar-refractivity contribution is 0.225. The molecule has 2 rings (SSSR count). The molecular weight excluding hydrogens is 210 g/mol. The zero-order valence-electron chi connectivity index (χ0n) is 11.1. The molecule has 0 spiro atoms. The fourth-order valence-corrected chi connectivity index (χ4v) is 3.21. The molecule has 17 heavy (non-hydrogen) atoms. The molecule has 0 radical (unpaired) electrons. The minimum atomic E-state index is 0.577. The number of hydrogen-bond donors (Lipinski definition) is 1. The molecule has 1 fully saturated rings. The molecular formula is C14H25N3. The van der Waals surface area contributed by atoms with Crippen molar-refractivity contribution in [2.24, 2.45) is 17.6 Å². The van der Waals surface area contributed by atoms with Gasteiger partial charge in [0.25, 0.3) is 0 Å². The zero-order valence-corrected chi connectivity index (χ0v) is 11.1. The van der Waals surface area contributed by atoms with Crippen molar-refractivity contribution in [1.29, 1.82) is 0 Å². The summed E-state index contributed by atoms with van der Waals surface area (Å²) in [5.41, 5.74) is 5.94. The number of nitrogens with zero attached hydrogens (tertiary/aromatic N) is 2. The maximum Gasteiger partial charge on any atom is 0.112 e. The van der Waals surface area contributed by atoms with Crippen LogP contribution in [0.3, 0.4) is 0 Å². The molecule has 0 saturated heterocycles. The van der Waals surface area contributed by atoms with Crippen LogP contribution in [-0.4, -0.2) is 16.1 Å². The Labute approximate surface area is 104 Å². The first kappa shape index (κ1) is 12.6. The van der Waals surface area contributed by atoms with Gasteiger partial charge in [-0.05, 0) is 38.1 Å². The second kappa shape index (κ2) is 5.67. The van der Waals surface area contributed by atoms with Gasteiger partial charge in [0.05, 0.1) is 0 Å². The molecule has 2 N–H and O–H groups in total. The fourth-order valence-electron chi connectivity index (χ4n) is 3.21. The van der Waals surface area contributed by atoms with Crippen molar-refractivity contribution < 1.29 is 0 Å². The van der Waals surface area contributed by atoms with E-state index in [0.29, 0.717) is 11.8 Å². The van der Waals surface area contributed by atoms with Crippen LogP contribution < -0.4 is 5.73 Å². The van der Waals surface area contributed by atoms with Crippen molar-refractivity contribution in [3.63, 3.8) is 0 Å². The van der Waals surface area contributed by atoms with Gasteiger partial charge in [0.1, 0.15) is 5.82 Å². The number of aromatic nitrogens is 2.